The van der Waals surface area contributed by atoms with Crippen molar-refractivity contribution in [3.63, 3.8) is 0 Å². The molecule has 1 aromatic carbocycles. The molecule has 1 aromatic rings. The van der Waals surface area contributed by atoms with Crippen LogP contribution in [0.15, 0.2) is 30.3 Å². The zero-order valence-corrected chi connectivity index (χ0v) is 11.8. The van der Waals surface area contributed by atoms with E-state index in [0.29, 0.717) is 19.5 Å². The maximum Gasteiger partial charge on any atom is 0.389 e. The third-order valence-electron chi connectivity index (χ3n) is 3.33. The van der Waals surface area contributed by atoms with Crippen LogP contribution < -0.4 is 11.1 Å². The number of nitrogens with one attached hydrogen (secondary N) is 1. The van der Waals surface area contributed by atoms with Gasteiger partial charge in [-0.1, -0.05) is 37.3 Å². The average Bonchev–Trinajstić information content (AvgIpc) is 2.41. The highest BCUT2D eigenvalue weighted by Gasteiger charge is 2.25. The molecule has 20 heavy (non-hydrogen) atoms. The van der Waals surface area contributed by atoms with Crippen LogP contribution >= 0.6 is 0 Å². The summed E-state index contributed by atoms with van der Waals surface area (Å²) >= 11 is 0. The molecule has 0 aliphatic heterocycles. The van der Waals surface area contributed by atoms with E-state index in [-0.39, 0.29) is 18.4 Å². The zero-order valence-electron chi connectivity index (χ0n) is 11.8. The lowest BCUT2D eigenvalue weighted by Crippen LogP contribution is -2.30. The van der Waals surface area contributed by atoms with E-state index < -0.39 is 12.6 Å². The summed E-state index contributed by atoms with van der Waals surface area (Å²) in [5, 5.41) is 3.17. The number of benzene rings is 1. The summed E-state index contributed by atoms with van der Waals surface area (Å²) in [6.07, 6.45) is -4.03. The van der Waals surface area contributed by atoms with Gasteiger partial charge in [0.15, 0.2) is 0 Å². The molecule has 3 N–H and O–H groups in total. The first-order valence-electron chi connectivity index (χ1n) is 6.98. The SMILES string of the molecule is CC(CNCCCCC(F)(F)F)C(N)c1ccccc1. The fraction of sp³-hybridized carbons (Fsp3) is 0.600. The predicted molar refractivity (Wildman–Crippen MR) is 75.3 cm³/mol. The average molecular weight is 288 g/mol. The Morgan fingerprint density at radius 1 is 1.15 bits per heavy atom. The van der Waals surface area contributed by atoms with Crippen molar-refractivity contribution in [2.45, 2.75) is 38.4 Å². The van der Waals surface area contributed by atoms with Crippen molar-refractivity contribution < 1.29 is 13.2 Å². The van der Waals surface area contributed by atoms with E-state index >= 15 is 0 Å². The summed E-state index contributed by atoms with van der Waals surface area (Å²) in [6, 6.07) is 9.77. The van der Waals surface area contributed by atoms with Gasteiger partial charge in [-0.3, -0.25) is 0 Å². The number of rotatable bonds is 8. The molecule has 0 amide bonds. The van der Waals surface area contributed by atoms with Gasteiger partial charge in [0.1, 0.15) is 0 Å². The molecule has 2 unspecified atom stereocenters. The Morgan fingerprint density at radius 3 is 2.40 bits per heavy atom. The summed E-state index contributed by atoms with van der Waals surface area (Å²) < 4.78 is 35.8. The molecular formula is C15H23F3N2. The van der Waals surface area contributed by atoms with Gasteiger partial charge in [-0.05, 0) is 37.4 Å². The van der Waals surface area contributed by atoms with Gasteiger partial charge in [-0.2, -0.15) is 13.2 Å². The molecule has 2 nitrogen and oxygen atoms in total. The number of halogens is 3. The Balaban J connectivity index is 2.16. The second-order valence-corrected chi connectivity index (χ2v) is 5.19. The Bertz CT molecular complexity index is 365. The van der Waals surface area contributed by atoms with Crippen LogP contribution in [0.2, 0.25) is 0 Å². The number of hydrogen-bond donors (Lipinski definition) is 2. The van der Waals surface area contributed by atoms with Crippen molar-refractivity contribution in [3.8, 4) is 0 Å². The van der Waals surface area contributed by atoms with E-state index in [9.17, 15) is 13.2 Å². The molecule has 1 rings (SSSR count). The minimum absolute atomic E-state index is 0.0566. The van der Waals surface area contributed by atoms with Gasteiger partial charge in [0.05, 0.1) is 0 Å². The molecule has 0 saturated heterocycles. The Morgan fingerprint density at radius 2 is 1.80 bits per heavy atom. The van der Waals surface area contributed by atoms with E-state index in [1.165, 1.54) is 0 Å². The number of hydrogen-bond acceptors (Lipinski definition) is 2. The summed E-state index contributed by atoms with van der Waals surface area (Å²) in [7, 11) is 0. The summed E-state index contributed by atoms with van der Waals surface area (Å²) in [5.74, 6) is 0.236. The van der Waals surface area contributed by atoms with Gasteiger partial charge in [0.25, 0.3) is 0 Å². The van der Waals surface area contributed by atoms with Gasteiger partial charge in [0.2, 0.25) is 0 Å². The normalized spacial score (nSPS) is 15.1. The zero-order chi connectivity index (χ0) is 15.0. The molecule has 0 bridgehead atoms. The van der Waals surface area contributed by atoms with Gasteiger partial charge in [0, 0.05) is 12.5 Å². The van der Waals surface area contributed by atoms with Crippen LogP contribution in [-0.4, -0.2) is 19.3 Å². The minimum atomic E-state index is -4.04. The molecule has 0 aliphatic carbocycles. The van der Waals surface area contributed by atoms with Crippen molar-refractivity contribution in [1.82, 2.24) is 5.32 Å². The number of alkyl halides is 3. The van der Waals surface area contributed by atoms with Crippen LogP contribution in [0, 0.1) is 5.92 Å². The summed E-state index contributed by atoms with van der Waals surface area (Å²) in [5.41, 5.74) is 7.23. The van der Waals surface area contributed by atoms with E-state index in [4.69, 9.17) is 5.73 Å². The number of unbranched alkanes of at least 4 members (excludes halogenated alkanes) is 1. The maximum absolute atomic E-state index is 11.9. The van der Waals surface area contributed by atoms with Gasteiger partial charge >= 0.3 is 6.18 Å². The first-order chi connectivity index (χ1) is 9.40. The third-order valence-corrected chi connectivity index (χ3v) is 3.33. The topological polar surface area (TPSA) is 38.0 Å². The Labute approximate surface area is 118 Å². The molecule has 0 aliphatic rings. The monoisotopic (exact) mass is 288 g/mol. The fourth-order valence-corrected chi connectivity index (χ4v) is 2.04. The van der Waals surface area contributed by atoms with Crippen LogP contribution in [-0.2, 0) is 0 Å². The molecule has 0 aromatic heterocycles. The van der Waals surface area contributed by atoms with E-state index in [0.717, 1.165) is 5.56 Å². The summed E-state index contributed by atoms with van der Waals surface area (Å²) in [6.45, 7) is 3.35. The Kier molecular flexibility index (Phi) is 7.02. The van der Waals surface area contributed by atoms with Crippen LogP contribution in [0.4, 0.5) is 13.2 Å². The van der Waals surface area contributed by atoms with Crippen molar-refractivity contribution in [2.24, 2.45) is 11.7 Å². The smallest absolute Gasteiger partial charge is 0.324 e. The third kappa shape index (κ3) is 6.91. The van der Waals surface area contributed by atoms with Crippen LogP contribution in [0.1, 0.15) is 37.8 Å². The molecule has 0 spiro atoms. The second kappa shape index (κ2) is 8.27. The lowest BCUT2D eigenvalue weighted by molar-refractivity contribution is -0.135. The molecule has 5 heteroatoms. The standard InChI is InChI=1S/C15H23F3N2/c1-12(14(19)13-7-3-2-4-8-13)11-20-10-6-5-9-15(16,17)18/h2-4,7-8,12,14,20H,5-6,9-11,19H2,1H3. The maximum atomic E-state index is 11.9. The quantitative estimate of drug-likeness (QED) is 0.717. The van der Waals surface area contributed by atoms with Gasteiger partial charge in [-0.25, -0.2) is 0 Å². The van der Waals surface area contributed by atoms with Gasteiger partial charge in [-0.15, -0.1) is 0 Å². The first-order valence-corrected chi connectivity index (χ1v) is 6.98. The van der Waals surface area contributed by atoms with Crippen LogP contribution in [0.5, 0.6) is 0 Å². The molecule has 2 atom stereocenters. The van der Waals surface area contributed by atoms with Gasteiger partial charge < -0.3 is 11.1 Å². The Hall–Kier alpha value is -1.07. The molecule has 0 saturated carbocycles. The van der Waals surface area contributed by atoms with E-state index in [2.05, 4.69) is 5.32 Å². The molecule has 0 heterocycles. The fourth-order valence-electron chi connectivity index (χ4n) is 2.04. The molecule has 0 fully saturated rings. The van der Waals surface area contributed by atoms with Crippen molar-refractivity contribution >= 4 is 0 Å². The second-order valence-electron chi connectivity index (χ2n) is 5.19. The lowest BCUT2D eigenvalue weighted by atomic mass is 9.95. The molecular weight excluding hydrogens is 265 g/mol. The largest absolute Gasteiger partial charge is 0.389 e. The van der Waals surface area contributed by atoms with E-state index in [1.807, 2.05) is 37.3 Å². The highest BCUT2D eigenvalue weighted by Crippen LogP contribution is 2.22. The molecule has 0 radical (unpaired) electrons. The van der Waals surface area contributed by atoms with Crippen LogP contribution in [0.3, 0.4) is 0 Å². The van der Waals surface area contributed by atoms with E-state index in [1.54, 1.807) is 0 Å². The van der Waals surface area contributed by atoms with Crippen molar-refractivity contribution in [3.05, 3.63) is 35.9 Å². The van der Waals surface area contributed by atoms with Crippen LogP contribution in [0.25, 0.3) is 0 Å². The summed E-state index contributed by atoms with van der Waals surface area (Å²) in [4.78, 5) is 0. The van der Waals surface area contributed by atoms with Crippen molar-refractivity contribution in [1.29, 1.82) is 0 Å². The first kappa shape index (κ1) is 17.0. The highest BCUT2D eigenvalue weighted by atomic mass is 19.4. The predicted octanol–water partition coefficient (Wildman–Crippen LogP) is 3.64. The minimum Gasteiger partial charge on any atom is -0.324 e. The van der Waals surface area contributed by atoms with Crippen molar-refractivity contribution in [2.75, 3.05) is 13.1 Å². The highest BCUT2D eigenvalue weighted by molar-refractivity contribution is 5.19. The molecule has 114 valence electrons. The lowest BCUT2D eigenvalue weighted by Gasteiger charge is -2.20. The number of nitrogens with two attached hydrogens (primary N) is 1.